The van der Waals surface area contributed by atoms with Crippen LogP contribution in [0.3, 0.4) is 0 Å². The average molecular weight is 331 g/mol. The Hall–Kier alpha value is -0.560. The lowest BCUT2D eigenvalue weighted by Gasteiger charge is -2.60. The van der Waals surface area contributed by atoms with E-state index < -0.39 is 0 Å². The molecule has 0 radical (unpaired) electrons. The van der Waals surface area contributed by atoms with Crippen LogP contribution in [-0.2, 0) is 0 Å². The van der Waals surface area contributed by atoms with Gasteiger partial charge in [0.05, 0.1) is 6.10 Å². The summed E-state index contributed by atoms with van der Waals surface area (Å²) in [6, 6.07) is 0. The van der Waals surface area contributed by atoms with E-state index in [4.69, 9.17) is 0 Å². The number of aliphatic hydroxyl groups is 1. The lowest BCUT2D eigenvalue weighted by Crippen LogP contribution is -2.53. The maximum absolute atomic E-state index is 10.9. The highest BCUT2D eigenvalue weighted by atomic mass is 16.3. The third-order valence-corrected chi connectivity index (χ3v) is 8.34. The van der Waals surface area contributed by atoms with Crippen molar-refractivity contribution in [2.75, 3.05) is 0 Å². The van der Waals surface area contributed by atoms with Crippen LogP contribution in [0.1, 0.15) is 86.0 Å². The van der Waals surface area contributed by atoms with Crippen molar-refractivity contribution < 1.29 is 5.11 Å². The van der Waals surface area contributed by atoms with Crippen LogP contribution in [-0.4, -0.2) is 11.2 Å². The Labute approximate surface area is 149 Å². The largest absolute Gasteiger partial charge is 0.388 e. The fraction of sp³-hybridized carbons (Fsp3) is 0.826. The van der Waals surface area contributed by atoms with Gasteiger partial charge >= 0.3 is 0 Å². The van der Waals surface area contributed by atoms with Crippen molar-refractivity contribution in [1.82, 2.24) is 0 Å². The molecule has 3 unspecified atom stereocenters. The van der Waals surface area contributed by atoms with E-state index in [0.29, 0.717) is 16.7 Å². The Kier molecular flexibility index (Phi) is 4.79. The fourth-order valence-electron chi connectivity index (χ4n) is 6.59. The Morgan fingerprint density at radius 2 is 2.00 bits per heavy atom. The minimum Gasteiger partial charge on any atom is -0.388 e. The first-order chi connectivity index (χ1) is 11.3. The SMILES string of the molecule is C/C=C/C(O)[C@]1(C)CCC[C@@]2(C)C3=CC[C@](C)(CC)CC3CCC12. The zero-order valence-electron chi connectivity index (χ0n) is 16.6. The van der Waals surface area contributed by atoms with Gasteiger partial charge in [0.15, 0.2) is 0 Å². The molecule has 1 nitrogen and oxygen atoms in total. The molecule has 3 aliphatic rings. The zero-order valence-corrected chi connectivity index (χ0v) is 16.6. The van der Waals surface area contributed by atoms with Gasteiger partial charge in [0.2, 0.25) is 0 Å². The Morgan fingerprint density at radius 1 is 1.25 bits per heavy atom. The molecule has 0 aromatic heterocycles. The van der Waals surface area contributed by atoms with Crippen molar-refractivity contribution in [3.63, 3.8) is 0 Å². The molecule has 0 aliphatic heterocycles. The summed E-state index contributed by atoms with van der Waals surface area (Å²) in [4.78, 5) is 0. The maximum Gasteiger partial charge on any atom is 0.0777 e. The highest BCUT2D eigenvalue weighted by molar-refractivity contribution is 5.28. The zero-order chi connectivity index (χ0) is 17.6. The molecule has 0 aromatic carbocycles. The van der Waals surface area contributed by atoms with E-state index >= 15 is 0 Å². The van der Waals surface area contributed by atoms with E-state index in [1.165, 1.54) is 51.4 Å². The molecule has 0 amide bonds. The van der Waals surface area contributed by atoms with Crippen molar-refractivity contribution in [2.45, 2.75) is 92.1 Å². The van der Waals surface area contributed by atoms with Crippen LogP contribution >= 0.6 is 0 Å². The van der Waals surface area contributed by atoms with Crippen molar-refractivity contribution in [2.24, 2.45) is 28.1 Å². The van der Waals surface area contributed by atoms with Gasteiger partial charge in [-0.05, 0) is 68.1 Å². The highest BCUT2D eigenvalue weighted by Gasteiger charge is 2.56. The first kappa shape index (κ1) is 18.2. The van der Waals surface area contributed by atoms with Crippen LogP contribution in [0.4, 0.5) is 0 Å². The molecule has 0 aromatic rings. The average Bonchev–Trinajstić information content (AvgIpc) is 2.54. The predicted molar refractivity (Wildman–Crippen MR) is 103 cm³/mol. The molecule has 0 heterocycles. The van der Waals surface area contributed by atoms with Gasteiger partial charge in [0.25, 0.3) is 0 Å². The number of hydrogen-bond acceptors (Lipinski definition) is 1. The van der Waals surface area contributed by atoms with E-state index in [0.717, 1.165) is 5.92 Å². The van der Waals surface area contributed by atoms with E-state index in [1.807, 2.05) is 19.1 Å². The Balaban J connectivity index is 1.95. The summed E-state index contributed by atoms with van der Waals surface area (Å²) in [7, 11) is 0. The number of hydrogen-bond donors (Lipinski definition) is 1. The minimum absolute atomic E-state index is 0.0385. The van der Waals surface area contributed by atoms with E-state index in [2.05, 4.69) is 33.8 Å². The van der Waals surface area contributed by atoms with Crippen molar-refractivity contribution in [3.8, 4) is 0 Å². The van der Waals surface area contributed by atoms with E-state index in [-0.39, 0.29) is 11.5 Å². The Morgan fingerprint density at radius 3 is 2.67 bits per heavy atom. The molecule has 24 heavy (non-hydrogen) atoms. The van der Waals surface area contributed by atoms with Crippen molar-refractivity contribution >= 4 is 0 Å². The van der Waals surface area contributed by atoms with Gasteiger partial charge in [-0.1, -0.05) is 64.3 Å². The lowest BCUT2D eigenvalue weighted by atomic mass is 9.45. The molecule has 3 aliphatic carbocycles. The molecule has 2 fully saturated rings. The number of fused-ring (bicyclic) bond motifs is 3. The second-order valence-electron chi connectivity index (χ2n) is 9.81. The molecule has 0 saturated heterocycles. The van der Waals surface area contributed by atoms with Crippen molar-refractivity contribution in [1.29, 1.82) is 0 Å². The Bertz CT molecular complexity index is 532. The molecule has 3 rings (SSSR count). The molecule has 0 bridgehead atoms. The van der Waals surface area contributed by atoms with E-state index in [1.54, 1.807) is 5.57 Å². The highest BCUT2D eigenvalue weighted by Crippen LogP contribution is 2.64. The number of allylic oxidation sites excluding steroid dienone is 3. The summed E-state index contributed by atoms with van der Waals surface area (Å²) in [5.74, 6) is 1.42. The predicted octanol–water partition coefficient (Wildman–Crippen LogP) is 6.28. The standard InChI is InChI=1S/C23H38O/c1-6-9-20(24)23(5)14-8-13-22(4)18-12-15-21(3,7-2)16-17(18)10-11-19(22)23/h6,9,12,17,19-20,24H,7-8,10-11,13-16H2,1-5H3/b9-6+/t17?,19?,20?,21-,22-,23+/m0/s1. The van der Waals surface area contributed by atoms with Gasteiger partial charge < -0.3 is 5.11 Å². The molecule has 0 spiro atoms. The normalized spacial score (nSPS) is 47.0. The summed E-state index contributed by atoms with van der Waals surface area (Å²) in [5, 5.41) is 10.9. The van der Waals surface area contributed by atoms with Crippen LogP contribution in [0.2, 0.25) is 0 Å². The van der Waals surface area contributed by atoms with Gasteiger partial charge in [-0.2, -0.15) is 0 Å². The number of aliphatic hydroxyl groups excluding tert-OH is 1. The topological polar surface area (TPSA) is 20.2 Å². The molecular formula is C23H38O. The molecular weight excluding hydrogens is 292 g/mol. The van der Waals surface area contributed by atoms with Crippen LogP contribution in [0.15, 0.2) is 23.8 Å². The maximum atomic E-state index is 10.9. The van der Waals surface area contributed by atoms with Crippen LogP contribution in [0, 0.1) is 28.1 Å². The molecule has 1 N–H and O–H groups in total. The smallest absolute Gasteiger partial charge is 0.0777 e. The van der Waals surface area contributed by atoms with Crippen LogP contribution < -0.4 is 0 Å². The van der Waals surface area contributed by atoms with Crippen LogP contribution in [0.5, 0.6) is 0 Å². The molecule has 136 valence electrons. The minimum atomic E-state index is -0.297. The first-order valence-electron chi connectivity index (χ1n) is 10.3. The summed E-state index contributed by atoms with van der Waals surface area (Å²) >= 11 is 0. The summed E-state index contributed by atoms with van der Waals surface area (Å²) in [5.41, 5.74) is 2.63. The van der Waals surface area contributed by atoms with E-state index in [9.17, 15) is 5.11 Å². The molecule has 1 heteroatoms. The third kappa shape index (κ3) is 2.71. The van der Waals surface area contributed by atoms with Gasteiger partial charge in [-0.3, -0.25) is 0 Å². The van der Waals surface area contributed by atoms with Gasteiger partial charge in [0.1, 0.15) is 0 Å². The third-order valence-electron chi connectivity index (χ3n) is 8.34. The summed E-state index contributed by atoms with van der Waals surface area (Å²) < 4.78 is 0. The lowest BCUT2D eigenvalue weighted by molar-refractivity contribution is -0.0827. The summed E-state index contributed by atoms with van der Waals surface area (Å²) in [6.07, 6.45) is 16.7. The molecule has 2 saturated carbocycles. The second-order valence-corrected chi connectivity index (χ2v) is 9.81. The number of rotatable bonds is 3. The second kappa shape index (κ2) is 6.31. The first-order valence-corrected chi connectivity index (χ1v) is 10.3. The van der Waals surface area contributed by atoms with Crippen LogP contribution in [0.25, 0.3) is 0 Å². The fourth-order valence-corrected chi connectivity index (χ4v) is 6.59. The quantitative estimate of drug-likeness (QED) is 0.603. The van der Waals surface area contributed by atoms with Gasteiger partial charge in [-0.25, -0.2) is 0 Å². The van der Waals surface area contributed by atoms with Gasteiger partial charge in [0, 0.05) is 5.41 Å². The van der Waals surface area contributed by atoms with Gasteiger partial charge in [-0.15, -0.1) is 0 Å². The summed E-state index contributed by atoms with van der Waals surface area (Å²) in [6.45, 7) is 11.8. The monoisotopic (exact) mass is 330 g/mol. The van der Waals surface area contributed by atoms with Crippen molar-refractivity contribution in [3.05, 3.63) is 23.8 Å². The molecule has 6 atom stereocenters.